The Bertz CT molecular complexity index is 542. The number of nitrogens with one attached hydrogen (secondary N) is 2. The fraction of sp³-hybridized carbons (Fsp3) is 0.500. The number of carbonyl (C=O) groups is 2. The van der Waals surface area contributed by atoms with Crippen LogP contribution in [0.2, 0.25) is 0 Å². The number of hydrogen-bond donors (Lipinski definition) is 3. The van der Waals surface area contributed by atoms with Crippen molar-refractivity contribution in [1.82, 2.24) is 5.32 Å². The monoisotopic (exact) mass is 290 g/mol. The van der Waals surface area contributed by atoms with Crippen molar-refractivity contribution in [3.05, 3.63) is 29.3 Å². The van der Waals surface area contributed by atoms with Gasteiger partial charge in [0.05, 0.1) is 5.60 Å². The Morgan fingerprint density at radius 2 is 1.76 bits per heavy atom. The van der Waals surface area contributed by atoms with Gasteiger partial charge in [0.1, 0.15) is 0 Å². The highest BCUT2D eigenvalue weighted by Crippen LogP contribution is 2.38. The summed E-state index contributed by atoms with van der Waals surface area (Å²) >= 11 is 0. The van der Waals surface area contributed by atoms with Crippen LogP contribution in [0.3, 0.4) is 0 Å². The minimum absolute atomic E-state index is 0.0940. The molecular formula is C16H22N2O3. The third-order valence-corrected chi connectivity index (χ3v) is 3.75. The topological polar surface area (TPSA) is 78.4 Å². The largest absolute Gasteiger partial charge is 0.388 e. The van der Waals surface area contributed by atoms with Crippen molar-refractivity contribution >= 4 is 17.5 Å². The molecule has 21 heavy (non-hydrogen) atoms. The maximum Gasteiger partial charge on any atom is 0.313 e. The van der Waals surface area contributed by atoms with E-state index in [2.05, 4.69) is 10.6 Å². The molecule has 2 amide bonds. The Balaban J connectivity index is 1.88. The number of aryl methyl sites for hydroxylation is 2. The molecule has 2 rings (SSSR count). The molecule has 0 spiro atoms. The van der Waals surface area contributed by atoms with Gasteiger partial charge in [0.2, 0.25) is 0 Å². The van der Waals surface area contributed by atoms with Crippen LogP contribution in [-0.2, 0) is 9.59 Å². The van der Waals surface area contributed by atoms with Gasteiger partial charge in [0.25, 0.3) is 0 Å². The molecule has 0 aromatic heterocycles. The molecule has 0 aliphatic heterocycles. The lowest BCUT2D eigenvalue weighted by Crippen LogP contribution is -2.45. The minimum Gasteiger partial charge on any atom is -0.388 e. The molecule has 1 saturated carbocycles. The van der Waals surface area contributed by atoms with Crippen LogP contribution < -0.4 is 10.6 Å². The summed E-state index contributed by atoms with van der Waals surface area (Å²) in [6.07, 6.45) is 1.94. The Morgan fingerprint density at radius 3 is 2.29 bits per heavy atom. The number of hydrogen-bond acceptors (Lipinski definition) is 3. The van der Waals surface area contributed by atoms with Gasteiger partial charge in [-0.25, -0.2) is 0 Å². The number of anilines is 1. The molecule has 0 saturated heterocycles. The fourth-order valence-electron chi connectivity index (χ4n) is 2.42. The Morgan fingerprint density at radius 1 is 1.19 bits per heavy atom. The average molecular weight is 290 g/mol. The van der Waals surface area contributed by atoms with E-state index in [1.165, 1.54) is 0 Å². The van der Waals surface area contributed by atoms with Crippen LogP contribution >= 0.6 is 0 Å². The fourth-order valence-corrected chi connectivity index (χ4v) is 2.42. The molecule has 1 aromatic rings. The van der Waals surface area contributed by atoms with Gasteiger partial charge in [-0.3, -0.25) is 9.59 Å². The van der Waals surface area contributed by atoms with Crippen LogP contribution in [0.5, 0.6) is 0 Å². The van der Waals surface area contributed by atoms with E-state index >= 15 is 0 Å². The van der Waals surface area contributed by atoms with Crippen molar-refractivity contribution in [2.75, 3.05) is 11.9 Å². The third-order valence-electron chi connectivity index (χ3n) is 3.75. The summed E-state index contributed by atoms with van der Waals surface area (Å²) in [7, 11) is 0. The highest BCUT2D eigenvalue weighted by Gasteiger charge is 2.40. The van der Waals surface area contributed by atoms with Gasteiger partial charge < -0.3 is 15.7 Å². The summed E-state index contributed by atoms with van der Waals surface area (Å²) < 4.78 is 0. The molecule has 0 radical (unpaired) electrons. The van der Waals surface area contributed by atoms with Gasteiger partial charge >= 0.3 is 11.8 Å². The van der Waals surface area contributed by atoms with E-state index in [-0.39, 0.29) is 12.5 Å². The molecule has 3 N–H and O–H groups in total. The molecule has 1 aromatic carbocycles. The minimum atomic E-state index is -0.935. The molecule has 114 valence electrons. The van der Waals surface area contributed by atoms with E-state index in [1.54, 1.807) is 19.1 Å². The Labute approximate surface area is 124 Å². The van der Waals surface area contributed by atoms with Crippen molar-refractivity contribution < 1.29 is 14.7 Å². The maximum atomic E-state index is 11.8. The summed E-state index contributed by atoms with van der Waals surface area (Å²) in [6, 6.07) is 5.60. The summed E-state index contributed by atoms with van der Waals surface area (Å²) in [4.78, 5) is 23.6. The molecule has 1 aliphatic rings. The molecular weight excluding hydrogens is 268 g/mol. The number of aliphatic hydroxyl groups is 1. The first-order valence-electron chi connectivity index (χ1n) is 7.18. The first-order valence-corrected chi connectivity index (χ1v) is 7.18. The van der Waals surface area contributed by atoms with Crippen molar-refractivity contribution in [1.29, 1.82) is 0 Å². The van der Waals surface area contributed by atoms with E-state index in [0.717, 1.165) is 24.0 Å². The van der Waals surface area contributed by atoms with Gasteiger partial charge in [-0.15, -0.1) is 0 Å². The van der Waals surface area contributed by atoms with Crippen LogP contribution in [0.25, 0.3) is 0 Å². The van der Waals surface area contributed by atoms with E-state index in [9.17, 15) is 14.7 Å². The van der Waals surface area contributed by atoms with Crippen LogP contribution in [0.4, 0.5) is 5.69 Å². The second-order valence-electron chi connectivity index (χ2n) is 6.14. The molecule has 1 aliphatic carbocycles. The molecule has 0 bridgehead atoms. The molecule has 5 nitrogen and oxygen atoms in total. The Kier molecular flexibility index (Phi) is 4.32. The number of benzene rings is 1. The second-order valence-corrected chi connectivity index (χ2v) is 6.14. The van der Waals surface area contributed by atoms with Crippen LogP contribution in [0.1, 0.15) is 30.9 Å². The summed E-state index contributed by atoms with van der Waals surface area (Å²) in [5.41, 5.74) is 1.70. The SMILES string of the molecule is Cc1cc(C)cc(NC(=O)C(=O)NCC(C)(O)C2CC2)c1. The number of amides is 2. The molecule has 1 unspecified atom stereocenters. The van der Waals surface area contributed by atoms with Crippen LogP contribution in [0, 0.1) is 19.8 Å². The zero-order valence-corrected chi connectivity index (χ0v) is 12.7. The number of carbonyl (C=O) groups excluding carboxylic acids is 2. The highest BCUT2D eigenvalue weighted by molar-refractivity contribution is 6.39. The van der Waals surface area contributed by atoms with Crippen LogP contribution in [-0.4, -0.2) is 29.1 Å². The lowest BCUT2D eigenvalue weighted by Gasteiger charge is -2.22. The van der Waals surface area contributed by atoms with Gasteiger partial charge in [0, 0.05) is 12.2 Å². The van der Waals surface area contributed by atoms with E-state index < -0.39 is 17.4 Å². The van der Waals surface area contributed by atoms with Gasteiger partial charge in [-0.1, -0.05) is 6.07 Å². The first kappa shape index (κ1) is 15.5. The standard InChI is InChI=1S/C16H22N2O3/c1-10-6-11(2)8-13(7-10)18-15(20)14(19)17-9-16(3,21)12-4-5-12/h6-8,12,21H,4-5,9H2,1-3H3,(H,17,19)(H,18,20). The summed E-state index contributed by atoms with van der Waals surface area (Å²) in [5, 5.41) is 15.2. The predicted octanol–water partition coefficient (Wildman–Crippen LogP) is 1.52. The normalized spacial score (nSPS) is 17.0. The first-order chi connectivity index (χ1) is 9.78. The third kappa shape index (κ3) is 4.29. The van der Waals surface area contributed by atoms with Gasteiger partial charge in [-0.05, 0) is 62.8 Å². The van der Waals surface area contributed by atoms with Crippen molar-refractivity contribution in [2.45, 2.75) is 39.2 Å². The van der Waals surface area contributed by atoms with Gasteiger partial charge in [0.15, 0.2) is 0 Å². The lowest BCUT2D eigenvalue weighted by molar-refractivity contribution is -0.136. The van der Waals surface area contributed by atoms with E-state index in [0.29, 0.717) is 5.69 Å². The second kappa shape index (κ2) is 5.85. The molecule has 0 heterocycles. The molecule has 1 atom stereocenters. The quantitative estimate of drug-likeness (QED) is 0.736. The highest BCUT2D eigenvalue weighted by atomic mass is 16.3. The van der Waals surface area contributed by atoms with Crippen molar-refractivity contribution in [2.24, 2.45) is 5.92 Å². The molecule has 1 fully saturated rings. The van der Waals surface area contributed by atoms with E-state index in [4.69, 9.17) is 0 Å². The zero-order valence-electron chi connectivity index (χ0n) is 12.7. The Hall–Kier alpha value is -1.88. The van der Waals surface area contributed by atoms with Crippen molar-refractivity contribution in [3.63, 3.8) is 0 Å². The van der Waals surface area contributed by atoms with Crippen molar-refractivity contribution in [3.8, 4) is 0 Å². The zero-order chi connectivity index (χ0) is 15.6. The molecule has 5 heteroatoms. The van der Waals surface area contributed by atoms with Gasteiger partial charge in [-0.2, -0.15) is 0 Å². The predicted molar refractivity (Wildman–Crippen MR) is 80.9 cm³/mol. The van der Waals surface area contributed by atoms with Crippen LogP contribution in [0.15, 0.2) is 18.2 Å². The average Bonchev–Trinajstić information content (AvgIpc) is 3.19. The lowest BCUT2D eigenvalue weighted by atomic mass is 10.0. The smallest absolute Gasteiger partial charge is 0.313 e. The summed E-state index contributed by atoms with van der Waals surface area (Å²) in [6.45, 7) is 5.63. The summed E-state index contributed by atoms with van der Waals surface area (Å²) in [5.74, 6) is -1.22. The number of rotatable bonds is 4. The maximum absolute atomic E-state index is 11.8. The van der Waals surface area contributed by atoms with E-state index in [1.807, 2.05) is 19.9 Å².